The number of sulfone groups is 1. The van der Waals surface area contributed by atoms with E-state index < -0.39 is 9.84 Å². The molecule has 0 bridgehead atoms. The lowest BCUT2D eigenvalue weighted by Gasteiger charge is -2.24. The van der Waals surface area contributed by atoms with Crippen LogP contribution in [-0.2, 0) is 21.0 Å². The number of hydrogen-bond acceptors (Lipinski definition) is 4. The molecule has 0 aliphatic rings. The van der Waals surface area contributed by atoms with E-state index in [0.29, 0.717) is 0 Å². The summed E-state index contributed by atoms with van der Waals surface area (Å²) in [5.74, 6) is -0.180. The molecule has 0 radical (unpaired) electrons. The molecule has 1 unspecified atom stereocenters. The van der Waals surface area contributed by atoms with Crippen LogP contribution < -0.4 is 5.32 Å². The first-order chi connectivity index (χ1) is 15.0. The Morgan fingerprint density at radius 2 is 1.56 bits per heavy atom. The molecule has 6 heteroatoms. The zero-order chi connectivity index (χ0) is 23.5. The van der Waals surface area contributed by atoms with E-state index in [1.165, 1.54) is 17.7 Å². The van der Waals surface area contributed by atoms with E-state index in [9.17, 15) is 13.2 Å². The lowest BCUT2D eigenvalue weighted by atomic mass is 9.85. The molecule has 170 valence electrons. The molecule has 0 saturated carbocycles. The van der Waals surface area contributed by atoms with E-state index in [2.05, 4.69) is 38.2 Å². The molecular weight excluding hydrogens is 422 g/mol. The summed E-state index contributed by atoms with van der Waals surface area (Å²) in [6.45, 7) is 10.6. The quantitative estimate of drug-likeness (QED) is 0.499. The average Bonchev–Trinajstić information content (AvgIpc) is 3.19. The third-order valence-electron chi connectivity index (χ3n) is 5.41. The van der Waals surface area contributed by atoms with Gasteiger partial charge in [0, 0.05) is 0 Å². The van der Waals surface area contributed by atoms with Gasteiger partial charge in [0.1, 0.15) is 11.5 Å². The third-order valence-corrected chi connectivity index (χ3v) is 7.06. The molecule has 2 aromatic carbocycles. The highest BCUT2D eigenvalue weighted by molar-refractivity contribution is 7.90. The van der Waals surface area contributed by atoms with Crippen molar-refractivity contribution in [3.8, 4) is 0 Å². The van der Waals surface area contributed by atoms with Gasteiger partial charge in [0.05, 0.1) is 10.9 Å². The molecule has 0 aliphatic heterocycles. The highest BCUT2D eigenvalue weighted by atomic mass is 32.2. The Hall–Kier alpha value is -2.86. The minimum Gasteiger partial charge on any atom is -0.455 e. The van der Waals surface area contributed by atoms with E-state index in [1.807, 2.05) is 26.0 Å². The van der Waals surface area contributed by atoms with Gasteiger partial charge in [-0.05, 0) is 46.7 Å². The second kappa shape index (κ2) is 9.33. The Morgan fingerprint density at radius 3 is 2.12 bits per heavy atom. The molecule has 0 aliphatic carbocycles. The van der Waals surface area contributed by atoms with Crippen molar-refractivity contribution in [1.29, 1.82) is 0 Å². The number of furan rings is 1. The fourth-order valence-corrected chi connectivity index (χ4v) is 4.78. The van der Waals surface area contributed by atoms with E-state index in [1.54, 1.807) is 30.3 Å². The second-order valence-corrected chi connectivity index (χ2v) is 11.4. The van der Waals surface area contributed by atoms with Crippen molar-refractivity contribution in [2.75, 3.05) is 0 Å². The van der Waals surface area contributed by atoms with Crippen molar-refractivity contribution < 1.29 is 17.6 Å². The molecular formula is C26H31NO4S. The average molecular weight is 454 g/mol. The van der Waals surface area contributed by atoms with Gasteiger partial charge in [-0.15, -0.1) is 0 Å². The largest absolute Gasteiger partial charge is 0.455 e. The fraction of sp³-hybridized carbons (Fsp3) is 0.346. The summed E-state index contributed by atoms with van der Waals surface area (Å²) in [5.41, 5.74) is 2.30. The topological polar surface area (TPSA) is 76.4 Å². The molecule has 0 saturated heterocycles. The lowest BCUT2D eigenvalue weighted by Crippen LogP contribution is -2.31. The smallest absolute Gasteiger partial charge is 0.287 e. The molecule has 1 aromatic heterocycles. The summed E-state index contributed by atoms with van der Waals surface area (Å²) in [6, 6.07) is 19.3. The monoisotopic (exact) mass is 453 g/mol. The number of benzene rings is 2. The van der Waals surface area contributed by atoms with Crippen molar-refractivity contribution in [3.63, 3.8) is 0 Å². The van der Waals surface area contributed by atoms with Crippen molar-refractivity contribution in [2.24, 2.45) is 5.92 Å². The number of rotatable bonds is 7. The van der Waals surface area contributed by atoms with Gasteiger partial charge in [0.25, 0.3) is 5.91 Å². The number of carbonyl (C=O) groups excluding carboxylic acids is 1. The van der Waals surface area contributed by atoms with E-state index in [0.717, 1.165) is 5.56 Å². The minimum atomic E-state index is -3.55. The van der Waals surface area contributed by atoms with Gasteiger partial charge >= 0.3 is 0 Å². The Morgan fingerprint density at radius 1 is 0.938 bits per heavy atom. The van der Waals surface area contributed by atoms with Crippen molar-refractivity contribution in [3.05, 3.63) is 89.4 Å². The molecule has 32 heavy (non-hydrogen) atoms. The number of hydrogen-bond donors (Lipinski definition) is 1. The summed E-state index contributed by atoms with van der Waals surface area (Å²) in [4.78, 5) is 13.1. The summed E-state index contributed by atoms with van der Waals surface area (Å²) < 4.78 is 30.7. The number of amides is 1. The van der Waals surface area contributed by atoms with Crippen LogP contribution >= 0.6 is 0 Å². The minimum absolute atomic E-state index is 0.0553. The molecule has 0 spiro atoms. The summed E-state index contributed by atoms with van der Waals surface area (Å²) in [6.07, 6.45) is 0. The second-order valence-electron chi connectivity index (χ2n) is 9.41. The van der Waals surface area contributed by atoms with Gasteiger partial charge in [-0.3, -0.25) is 4.79 Å². The van der Waals surface area contributed by atoms with Gasteiger partial charge < -0.3 is 9.73 Å². The van der Waals surface area contributed by atoms with Crippen LogP contribution in [-0.4, -0.2) is 14.3 Å². The molecule has 1 heterocycles. The fourth-order valence-electron chi connectivity index (χ4n) is 3.51. The van der Waals surface area contributed by atoms with Crippen LogP contribution in [0.5, 0.6) is 0 Å². The SMILES string of the molecule is CC(C)C(NC(=O)c1ccc(CS(=O)(=O)c2ccccc2)o1)c1ccc(C(C)(C)C)cc1. The predicted molar refractivity (Wildman–Crippen MR) is 126 cm³/mol. The van der Waals surface area contributed by atoms with E-state index in [-0.39, 0.29) is 45.5 Å². The molecule has 5 nitrogen and oxygen atoms in total. The molecule has 3 aromatic rings. The van der Waals surface area contributed by atoms with Crippen LogP contribution in [0.2, 0.25) is 0 Å². The van der Waals surface area contributed by atoms with Crippen LogP contribution in [0.1, 0.15) is 68.1 Å². The molecule has 0 fully saturated rings. The maximum Gasteiger partial charge on any atom is 0.287 e. The van der Waals surface area contributed by atoms with E-state index >= 15 is 0 Å². The van der Waals surface area contributed by atoms with Gasteiger partial charge in [0.15, 0.2) is 15.6 Å². The Kier molecular flexibility index (Phi) is 6.94. The van der Waals surface area contributed by atoms with Crippen LogP contribution in [0.15, 0.2) is 76.0 Å². The molecule has 1 N–H and O–H groups in total. The highest BCUT2D eigenvalue weighted by Gasteiger charge is 2.23. The Labute approximate surface area is 190 Å². The zero-order valence-electron chi connectivity index (χ0n) is 19.3. The Bertz CT molecular complexity index is 1150. The first-order valence-corrected chi connectivity index (χ1v) is 12.4. The first-order valence-electron chi connectivity index (χ1n) is 10.8. The van der Waals surface area contributed by atoms with Gasteiger partial charge in [0.2, 0.25) is 0 Å². The van der Waals surface area contributed by atoms with Crippen LogP contribution in [0, 0.1) is 5.92 Å². The standard InChI is InChI=1S/C26H31NO4S/c1-18(2)24(19-11-13-20(14-12-19)26(3,4)5)27-25(28)23-16-15-21(31-23)17-32(29,30)22-9-7-6-8-10-22/h6-16,18,24H,17H2,1-5H3,(H,27,28). The number of carbonyl (C=O) groups is 1. The highest BCUT2D eigenvalue weighted by Crippen LogP contribution is 2.27. The summed E-state index contributed by atoms with van der Waals surface area (Å²) >= 11 is 0. The first kappa shape index (κ1) is 23.8. The van der Waals surface area contributed by atoms with Crippen molar-refractivity contribution in [2.45, 2.75) is 56.7 Å². The molecule has 3 rings (SSSR count). The van der Waals surface area contributed by atoms with Crippen molar-refractivity contribution in [1.82, 2.24) is 5.32 Å². The predicted octanol–water partition coefficient (Wildman–Crippen LogP) is 5.68. The van der Waals surface area contributed by atoms with Crippen LogP contribution in [0.25, 0.3) is 0 Å². The normalized spacial score (nSPS) is 13.2. The van der Waals surface area contributed by atoms with Crippen molar-refractivity contribution >= 4 is 15.7 Å². The summed E-state index contributed by atoms with van der Waals surface area (Å²) in [7, 11) is -3.55. The van der Waals surface area contributed by atoms with Gasteiger partial charge in [-0.2, -0.15) is 0 Å². The number of nitrogens with one attached hydrogen (secondary N) is 1. The van der Waals surface area contributed by atoms with Crippen LogP contribution in [0.3, 0.4) is 0 Å². The van der Waals surface area contributed by atoms with E-state index in [4.69, 9.17) is 4.42 Å². The molecule has 1 amide bonds. The maximum atomic E-state index is 12.9. The Balaban J connectivity index is 1.74. The van der Waals surface area contributed by atoms with Crippen LogP contribution in [0.4, 0.5) is 0 Å². The van der Waals surface area contributed by atoms with Gasteiger partial charge in [-0.25, -0.2) is 8.42 Å². The zero-order valence-corrected chi connectivity index (χ0v) is 20.1. The van der Waals surface area contributed by atoms with Gasteiger partial charge in [-0.1, -0.05) is 77.1 Å². The summed E-state index contributed by atoms with van der Waals surface area (Å²) in [5, 5.41) is 3.03. The molecule has 1 atom stereocenters. The third kappa shape index (κ3) is 5.68. The lowest BCUT2D eigenvalue weighted by molar-refractivity contribution is 0.0896. The maximum absolute atomic E-state index is 12.9.